The van der Waals surface area contributed by atoms with Gasteiger partial charge in [-0.3, -0.25) is 0 Å². The smallest absolute Gasteiger partial charge is 0.230 e. The van der Waals surface area contributed by atoms with Gasteiger partial charge in [0.25, 0.3) is 0 Å². The zero-order valence-corrected chi connectivity index (χ0v) is 11.1. The quantitative estimate of drug-likeness (QED) is 0.928. The van der Waals surface area contributed by atoms with Gasteiger partial charge in [-0.2, -0.15) is 15.0 Å². The van der Waals surface area contributed by atoms with Crippen LogP contribution in [-0.4, -0.2) is 38.0 Å². The highest BCUT2D eigenvalue weighted by molar-refractivity contribution is 7.99. The number of rotatable bonds is 3. The van der Waals surface area contributed by atoms with Crippen molar-refractivity contribution < 1.29 is 0 Å². The molecule has 0 saturated carbocycles. The Balaban J connectivity index is 1.85. The minimum Gasteiger partial charge on any atom is -0.341 e. The number of hydrogen-bond acceptors (Lipinski definition) is 6. The van der Waals surface area contributed by atoms with E-state index in [-0.39, 0.29) is 5.28 Å². The number of halogens is 1. The number of aromatic nitrogens is 5. The standard InChI is InChI=1S/C10H11ClN6S/c11-7-14-8(17-5-1-2-6-17)16-10(15-7)18-9-12-3-4-13-9/h3-4H,1-2,5-6H2,(H,12,13). The molecule has 0 atom stereocenters. The summed E-state index contributed by atoms with van der Waals surface area (Å²) in [5, 5.41) is 1.53. The summed E-state index contributed by atoms with van der Waals surface area (Å²) >= 11 is 7.28. The molecule has 1 fully saturated rings. The van der Waals surface area contributed by atoms with Gasteiger partial charge in [0.15, 0.2) is 5.16 Å². The number of aromatic amines is 1. The highest BCUT2D eigenvalue weighted by Crippen LogP contribution is 2.24. The maximum Gasteiger partial charge on any atom is 0.230 e. The highest BCUT2D eigenvalue weighted by atomic mass is 35.5. The normalized spacial score (nSPS) is 15.3. The van der Waals surface area contributed by atoms with E-state index in [1.807, 2.05) is 0 Å². The molecule has 8 heteroatoms. The van der Waals surface area contributed by atoms with Gasteiger partial charge in [0, 0.05) is 25.5 Å². The molecule has 2 aromatic rings. The Labute approximate surface area is 113 Å². The van der Waals surface area contributed by atoms with E-state index in [9.17, 15) is 0 Å². The first kappa shape index (κ1) is 11.7. The van der Waals surface area contributed by atoms with E-state index >= 15 is 0 Å². The molecule has 0 aliphatic carbocycles. The van der Waals surface area contributed by atoms with Crippen LogP contribution >= 0.6 is 23.4 Å². The summed E-state index contributed by atoms with van der Waals surface area (Å²) in [6, 6.07) is 0. The Kier molecular flexibility index (Phi) is 3.33. The molecule has 94 valence electrons. The van der Waals surface area contributed by atoms with Crippen molar-refractivity contribution in [3.63, 3.8) is 0 Å². The molecule has 18 heavy (non-hydrogen) atoms. The van der Waals surface area contributed by atoms with Gasteiger partial charge in [-0.25, -0.2) is 4.98 Å². The van der Waals surface area contributed by atoms with Crippen LogP contribution in [0.3, 0.4) is 0 Å². The number of hydrogen-bond donors (Lipinski definition) is 1. The van der Waals surface area contributed by atoms with Crippen molar-refractivity contribution >= 4 is 29.3 Å². The molecule has 6 nitrogen and oxygen atoms in total. The summed E-state index contributed by atoms with van der Waals surface area (Å²) in [5.41, 5.74) is 0. The van der Waals surface area contributed by atoms with Gasteiger partial charge in [-0.15, -0.1) is 0 Å². The summed E-state index contributed by atoms with van der Waals surface area (Å²) in [4.78, 5) is 21.9. The fourth-order valence-electron chi connectivity index (χ4n) is 1.82. The van der Waals surface area contributed by atoms with Crippen LogP contribution in [-0.2, 0) is 0 Å². The first-order chi connectivity index (χ1) is 8.81. The molecule has 3 heterocycles. The summed E-state index contributed by atoms with van der Waals surface area (Å²) in [7, 11) is 0. The molecule has 0 unspecified atom stereocenters. The maximum absolute atomic E-state index is 5.94. The molecule has 1 N–H and O–H groups in total. The van der Waals surface area contributed by atoms with E-state index < -0.39 is 0 Å². The van der Waals surface area contributed by atoms with Crippen molar-refractivity contribution in [1.82, 2.24) is 24.9 Å². The zero-order chi connectivity index (χ0) is 12.4. The molecule has 1 aliphatic rings. The Morgan fingerprint density at radius 1 is 1.22 bits per heavy atom. The fourth-order valence-corrected chi connectivity index (χ4v) is 2.70. The number of nitrogens with one attached hydrogen (secondary N) is 1. The lowest BCUT2D eigenvalue weighted by atomic mass is 10.4. The maximum atomic E-state index is 5.94. The zero-order valence-electron chi connectivity index (χ0n) is 9.51. The van der Waals surface area contributed by atoms with E-state index in [1.54, 1.807) is 12.4 Å². The molecule has 1 aliphatic heterocycles. The first-order valence-corrected chi connectivity index (χ1v) is 6.84. The van der Waals surface area contributed by atoms with E-state index in [0.717, 1.165) is 18.2 Å². The number of H-pyrrole nitrogens is 1. The molecule has 3 rings (SSSR count). The van der Waals surface area contributed by atoms with Gasteiger partial charge in [0.2, 0.25) is 16.4 Å². The predicted octanol–water partition coefficient (Wildman–Crippen LogP) is 2.00. The number of anilines is 1. The molecular weight excluding hydrogens is 272 g/mol. The topological polar surface area (TPSA) is 70.6 Å². The summed E-state index contributed by atoms with van der Waals surface area (Å²) < 4.78 is 0. The van der Waals surface area contributed by atoms with E-state index in [4.69, 9.17) is 11.6 Å². The molecular formula is C10H11ClN6S. The van der Waals surface area contributed by atoms with Crippen LogP contribution in [0.25, 0.3) is 0 Å². The molecule has 0 spiro atoms. The Bertz CT molecular complexity index is 525. The van der Waals surface area contributed by atoms with Crippen LogP contribution in [0.5, 0.6) is 0 Å². The highest BCUT2D eigenvalue weighted by Gasteiger charge is 2.17. The van der Waals surface area contributed by atoms with Gasteiger partial charge >= 0.3 is 0 Å². The average molecular weight is 283 g/mol. The van der Waals surface area contributed by atoms with Crippen molar-refractivity contribution in [3.8, 4) is 0 Å². The van der Waals surface area contributed by atoms with Crippen molar-refractivity contribution in [1.29, 1.82) is 0 Å². The van der Waals surface area contributed by atoms with Crippen molar-refractivity contribution in [2.45, 2.75) is 23.2 Å². The largest absolute Gasteiger partial charge is 0.341 e. The van der Waals surface area contributed by atoms with Crippen LogP contribution in [0, 0.1) is 0 Å². The van der Waals surface area contributed by atoms with Crippen molar-refractivity contribution in [2.24, 2.45) is 0 Å². The van der Waals surface area contributed by atoms with Crippen LogP contribution < -0.4 is 4.90 Å². The first-order valence-electron chi connectivity index (χ1n) is 5.65. The predicted molar refractivity (Wildman–Crippen MR) is 69.0 cm³/mol. The average Bonchev–Trinajstić information content (AvgIpc) is 3.00. The van der Waals surface area contributed by atoms with Crippen LogP contribution in [0.15, 0.2) is 22.7 Å². The van der Waals surface area contributed by atoms with Gasteiger partial charge in [0.05, 0.1) is 0 Å². The van der Waals surface area contributed by atoms with Gasteiger partial charge in [-0.1, -0.05) is 0 Å². The molecule has 0 aromatic carbocycles. The second-order valence-electron chi connectivity index (χ2n) is 3.88. The van der Waals surface area contributed by atoms with Crippen molar-refractivity contribution in [3.05, 3.63) is 17.7 Å². The summed E-state index contributed by atoms with van der Waals surface area (Å²) in [6.45, 7) is 1.95. The third-order valence-corrected chi connectivity index (χ3v) is 3.58. The second kappa shape index (κ2) is 5.11. The second-order valence-corrected chi connectivity index (χ2v) is 5.17. The van der Waals surface area contributed by atoms with Crippen LogP contribution in [0.2, 0.25) is 5.28 Å². The van der Waals surface area contributed by atoms with E-state index in [2.05, 4.69) is 29.8 Å². The van der Waals surface area contributed by atoms with Crippen LogP contribution in [0.4, 0.5) is 5.95 Å². The lowest BCUT2D eigenvalue weighted by Gasteiger charge is -2.14. The Morgan fingerprint density at radius 2 is 2.06 bits per heavy atom. The van der Waals surface area contributed by atoms with Gasteiger partial charge in [0.1, 0.15) is 0 Å². The molecule has 1 saturated heterocycles. The molecule has 0 amide bonds. The SMILES string of the molecule is Clc1nc(Sc2ncc[nH]2)nc(N2CCCC2)n1. The van der Waals surface area contributed by atoms with Crippen molar-refractivity contribution in [2.75, 3.05) is 18.0 Å². The molecule has 0 radical (unpaired) electrons. The van der Waals surface area contributed by atoms with Gasteiger partial charge < -0.3 is 9.88 Å². The monoisotopic (exact) mass is 282 g/mol. The third kappa shape index (κ3) is 2.56. The molecule has 2 aromatic heterocycles. The van der Waals surface area contributed by atoms with Gasteiger partial charge in [-0.05, 0) is 36.2 Å². The fraction of sp³-hybridized carbons (Fsp3) is 0.400. The lowest BCUT2D eigenvalue weighted by molar-refractivity contribution is 0.824. The lowest BCUT2D eigenvalue weighted by Crippen LogP contribution is -2.21. The summed E-state index contributed by atoms with van der Waals surface area (Å²) in [5.74, 6) is 0.654. The third-order valence-electron chi connectivity index (χ3n) is 2.63. The van der Waals surface area contributed by atoms with E-state index in [0.29, 0.717) is 11.1 Å². The number of imidazole rings is 1. The summed E-state index contributed by atoms with van der Waals surface area (Å²) in [6.07, 6.45) is 5.78. The Morgan fingerprint density at radius 3 is 2.78 bits per heavy atom. The number of nitrogens with zero attached hydrogens (tertiary/aromatic N) is 5. The van der Waals surface area contributed by atoms with Crippen LogP contribution in [0.1, 0.15) is 12.8 Å². The Hall–Kier alpha value is -1.34. The minimum absolute atomic E-state index is 0.223. The molecule has 0 bridgehead atoms. The minimum atomic E-state index is 0.223. The van der Waals surface area contributed by atoms with E-state index in [1.165, 1.54) is 24.6 Å².